The largest absolute Gasteiger partial charge is 0.444 e. The molecule has 2 aromatic heterocycles. The third-order valence-electron chi connectivity index (χ3n) is 7.46. The summed E-state index contributed by atoms with van der Waals surface area (Å²) in [6.07, 6.45) is 3.69. The van der Waals surface area contributed by atoms with Crippen molar-refractivity contribution in [1.82, 2.24) is 24.5 Å². The average Bonchev–Trinajstić information content (AvgIpc) is 3.23. The number of aromatic amines is 1. The SMILES string of the molecule is CC(C)(C)OC(=O)N1CC[C@]2(c3c(nc4nc(Br)[nH]n4c3=O)[C@H]3C[C@H]32)[C@@H]2CC[C@@H]21. The molecule has 0 radical (unpaired) electrons. The van der Waals surface area contributed by atoms with Gasteiger partial charge in [-0.2, -0.15) is 9.50 Å². The molecule has 8 nitrogen and oxygen atoms in total. The molecule has 154 valence electrons. The fourth-order valence-corrected chi connectivity index (χ4v) is 6.63. The molecule has 0 bridgehead atoms. The molecular formula is C20H24BrN5O3. The summed E-state index contributed by atoms with van der Waals surface area (Å²) in [5, 5.41) is 2.97. The van der Waals surface area contributed by atoms with Gasteiger partial charge in [-0.1, -0.05) is 0 Å². The van der Waals surface area contributed by atoms with E-state index >= 15 is 0 Å². The van der Waals surface area contributed by atoms with Gasteiger partial charge in [0.15, 0.2) is 4.73 Å². The van der Waals surface area contributed by atoms with Gasteiger partial charge in [0.2, 0.25) is 0 Å². The maximum atomic E-state index is 13.5. The number of fused-ring (bicyclic) bond motifs is 8. The van der Waals surface area contributed by atoms with Crippen LogP contribution in [-0.2, 0) is 10.2 Å². The molecule has 1 saturated heterocycles. The molecule has 1 aliphatic heterocycles. The van der Waals surface area contributed by atoms with Crippen LogP contribution in [0.4, 0.5) is 4.79 Å². The number of halogens is 1. The Kier molecular flexibility index (Phi) is 3.35. The zero-order valence-corrected chi connectivity index (χ0v) is 18.3. The highest BCUT2D eigenvalue weighted by Gasteiger charge is 2.70. The van der Waals surface area contributed by atoms with Crippen LogP contribution in [0, 0.1) is 11.8 Å². The Bertz CT molecular complexity index is 1120. The van der Waals surface area contributed by atoms with Crippen LogP contribution >= 0.6 is 15.9 Å². The molecule has 4 aliphatic rings. The molecule has 3 fully saturated rings. The number of rotatable bonds is 0. The molecule has 2 aromatic rings. The third-order valence-corrected chi connectivity index (χ3v) is 7.81. The fourth-order valence-electron chi connectivity index (χ4n) is 6.30. The Labute approximate surface area is 176 Å². The minimum atomic E-state index is -0.505. The predicted molar refractivity (Wildman–Crippen MR) is 108 cm³/mol. The molecule has 3 heterocycles. The van der Waals surface area contributed by atoms with E-state index in [-0.39, 0.29) is 23.1 Å². The fraction of sp³-hybridized carbons (Fsp3) is 0.700. The number of aromatic nitrogens is 4. The van der Waals surface area contributed by atoms with E-state index in [0.29, 0.717) is 34.8 Å². The van der Waals surface area contributed by atoms with Gasteiger partial charge in [-0.15, -0.1) is 0 Å². The van der Waals surface area contributed by atoms with Crippen molar-refractivity contribution in [2.45, 2.75) is 69.4 Å². The second-order valence-electron chi connectivity index (χ2n) is 9.99. The molecular weight excluding hydrogens is 438 g/mol. The summed E-state index contributed by atoms with van der Waals surface area (Å²) in [4.78, 5) is 37.3. The summed E-state index contributed by atoms with van der Waals surface area (Å²) in [6, 6.07) is 0.152. The van der Waals surface area contributed by atoms with E-state index in [9.17, 15) is 9.59 Å². The number of nitrogens with one attached hydrogen (secondary N) is 1. The van der Waals surface area contributed by atoms with Gasteiger partial charge in [-0.05, 0) is 74.2 Å². The van der Waals surface area contributed by atoms with Crippen LogP contribution < -0.4 is 5.56 Å². The zero-order valence-electron chi connectivity index (χ0n) is 16.7. The van der Waals surface area contributed by atoms with Gasteiger partial charge < -0.3 is 9.64 Å². The van der Waals surface area contributed by atoms with Gasteiger partial charge in [0.25, 0.3) is 11.3 Å². The van der Waals surface area contributed by atoms with E-state index in [0.717, 1.165) is 36.9 Å². The second-order valence-corrected chi connectivity index (χ2v) is 10.7. The topological polar surface area (TPSA) is 92.6 Å². The number of likely N-dealkylation sites (tertiary alicyclic amines) is 1. The number of H-pyrrole nitrogens is 1. The van der Waals surface area contributed by atoms with Gasteiger partial charge in [0.1, 0.15) is 5.60 Å². The van der Waals surface area contributed by atoms with Gasteiger partial charge in [-0.3, -0.25) is 9.89 Å². The van der Waals surface area contributed by atoms with E-state index in [2.05, 4.69) is 26.0 Å². The van der Waals surface area contributed by atoms with E-state index in [1.807, 2.05) is 25.7 Å². The van der Waals surface area contributed by atoms with Crippen LogP contribution in [0.5, 0.6) is 0 Å². The first kappa shape index (κ1) is 17.9. The Morgan fingerprint density at radius 2 is 2.07 bits per heavy atom. The van der Waals surface area contributed by atoms with Crippen molar-refractivity contribution >= 4 is 27.8 Å². The quantitative estimate of drug-likeness (QED) is 0.650. The van der Waals surface area contributed by atoms with Gasteiger partial charge in [0, 0.05) is 29.5 Å². The molecule has 2 saturated carbocycles. The number of piperidine rings is 1. The lowest BCUT2D eigenvalue weighted by atomic mass is 9.54. The summed E-state index contributed by atoms with van der Waals surface area (Å²) in [6.45, 7) is 6.33. The summed E-state index contributed by atoms with van der Waals surface area (Å²) in [5.74, 6) is 1.58. The standard InChI is InChI=1S/C20H24BrN5O3/c1-19(2,3)29-18(28)25-7-6-20(10-4-5-12(10)25)11-8-9(11)14-13(20)15(27)26-17(22-14)23-16(21)24-26/h9-12H,4-8H2,1-3H3,(H,22,23,24)/t9-,10+,11+,12-,20-/m0/s1. The third kappa shape index (κ3) is 2.25. The lowest BCUT2D eigenvalue weighted by Gasteiger charge is -2.57. The summed E-state index contributed by atoms with van der Waals surface area (Å²) < 4.78 is 7.63. The van der Waals surface area contributed by atoms with Crippen molar-refractivity contribution in [3.8, 4) is 0 Å². The van der Waals surface area contributed by atoms with Crippen LogP contribution in [-0.4, -0.2) is 48.8 Å². The number of hydrogen-bond acceptors (Lipinski definition) is 5. The smallest absolute Gasteiger partial charge is 0.410 e. The molecule has 1 amide bonds. The maximum Gasteiger partial charge on any atom is 0.410 e. The minimum absolute atomic E-state index is 0.0215. The molecule has 6 rings (SSSR count). The minimum Gasteiger partial charge on any atom is -0.444 e. The highest BCUT2D eigenvalue weighted by atomic mass is 79.9. The average molecular weight is 462 g/mol. The second kappa shape index (κ2) is 5.42. The number of ether oxygens (including phenoxy) is 1. The summed E-state index contributed by atoms with van der Waals surface area (Å²) >= 11 is 3.32. The van der Waals surface area contributed by atoms with Gasteiger partial charge in [-0.25, -0.2) is 9.78 Å². The molecule has 1 spiro atoms. The van der Waals surface area contributed by atoms with E-state index < -0.39 is 5.60 Å². The molecule has 5 atom stereocenters. The lowest BCUT2D eigenvalue weighted by Crippen LogP contribution is -2.64. The first-order valence-electron chi connectivity index (χ1n) is 10.4. The van der Waals surface area contributed by atoms with Crippen molar-refractivity contribution in [2.24, 2.45) is 11.8 Å². The van der Waals surface area contributed by atoms with Crippen molar-refractivity contribution in [3.63, 3.8) is 0 Å². The Morgan fingerprint density at radius 3 is 2.76 bits per heavy atom. The van der Waals surface area contributed by atoms with E-state index in [1.165, 1.54) is 4.52 Å². The molecule has 9 heteroatoms. The van der Waals surface area contributed by atoms with Crippen molar-refractivity contribution in [1.29, 1.82) is 0 Å². The molecule has 29 heavy (non-hydrogen) atoms. The van der Waals surface area contributed by atoms with E-state index in [4.69, 9.17) is 9.72 Å². The Hall–Kier alpha value is -1.90. The number of carbonyl (C=O) groups is 1. The summed E-state index contributed by atoms with van der Waals surface area (Å²) in [7, 11) is 0. The maximum absolute atomic E-state index is 13.5. The Morgan fingerprint density at radius 1 is 1.28 bits per heavy atom. The number of carbonyl (C=O) groups excluding carboxylic acids is 1. The molecule has 0 unspecified atom stereocenters. The predicted octanol–water partition coefficient (Wildman–Crippen LogP) is 2.95. The normalized spacial score (nSPS) is 34.6. The van der Waals surface area contributed by atoms with Crippen LogP contribution in [0.1, 0.15) is 63.6 Å². The van der Waals surface area contributed by atoms with Crippen LogP contribution in [0.25, 0.3) is 5.78 Å². The van der Waals surface area contributed by atoms with Crippen molar-refractivity contribution in [3.05, 3.63) is 26.3 Å². The van der Waals surface area contributed by atoms with Crippen LogP contribution in [0.2, 0.25) is 0 Å². The van der Waals surface area contributed by atoms with Gasteiger partial charge in [0.05, 0.1) is 5.69 Å². The molecule has 3 aliphatic carbocycles. The number of amides is 1. The van der Waals surface area contributed by atoms with Crippen LogP contribution in [0.3, 0.4) is 0 Å². The van der Waals surface area contributed by atoms with Crippen LogP contribution in [0.15, 0.2) is 9.53 Å². The molecule has 0 aromatic carbocycles. The highest BCUT2D eigenvalue weighted by Crippen LogP contribution is 2.71. The Balaban J connectivity index is 1.42. The van der Waals surface area contributed by atoms with Crippen molar-refractivity contribution < 1.29 is 9.53 Å². The van der Waals surface area contributed by atoms with E-state index in [1.54, 1.807) is 0 Å². The first-order valence-corrected chi connectivity index (χ1v) is 11.2. The first-order chi connectivity index (χ1) is 13.7. The van der Waals surface area contributed by atoms with Crippen molar-refractivity contribution in [2.75, 3.05) is 6.54 Å². The number of hydrogen-bond donors (Lipinski definition) is 1. The number of nitrogens with zero attached hydrogens (tertiary/aromatic N) is 4. The van der Waals surface area contributed by atoms with Gasteiger partial charge >= 0.3 is 6.09 Å². The summed E-state index contributed by atoms with van der Waals surface area (Å²) in [5.41, 5.74) is 1.15. The molecule has 1 N–H and O–H groups in total. The highest BCUT2D eigenvalue weighted by molar-refractivity contribution is 9.10. The zero-order chi connectivity index (χ0) is 20.3. The lowest BCUT2D eigenvalue weighted by molar-refractivity contribution is -0.0587. The monoisotopic (exact) mass is 461 g/mol.